The summed E-state index contributed by atoms with van der Waals surface area (Å²) < 4.78 is 12.9. The van der Waals surface area contributed by atoms with Crippen molar-refractivity contribution in [2.45, 2.75) is 17.9 Å². The minimum Gasteiger partial charge on any atom is -0.309 e. The molecule has 0 saturated heterocycles. The summed E-state index contributed by atoms with van der Waals surface area (Å²) in [6, 6.07) is 12.4. The first-order valence-corrected chi connectivity index (χ1v) is 8.41. The molecule has 0 aliphatic carbocycles. The van der Waals surface area contributed by atoms with Crippen LogP contribution in [0.5, 0.6) is 0 Å². The van der Waals surface area contributed by atoms with E-state index >= 15 is 0 Å². The molecule has 0 amide bonds. The highest BCUT2D eigenvalue weighted by Crippen LogP contribution is 2.29. The van der Waals surface area contributed by atoms with Crippen LogP contribution in [0.1, 0.15) is 18.5 Å². The van der Waals surface area contributed by atoms with Gasteiger partial charge in [-0.2, -0.15) is 0 Å². The van der Waals surface area contributed by atoms with Gasteiger partial charge >= 0.3 is 0 Å². The van der Waals surface area contributed by atoms with Gasteiger partial charge in [0.25, 0.3) is 0 Å². The third-order valence-electron chi connectivity index (χ3n) is 3.03. The van der Waals surface area contributed by atoms with Crippen molar-refractivity contribution in [2.24, 2.45) is 0 Å². The Labute approximate surface area is 138 Å². The minimum atomic E-state index is -0.216. The zero-order chi connectivity index (χ0) is 15.2. The van der Waals surface area contributed by atoms with E-state index in [9.17, 15) is 4.39 Å². The summed E-state index contributed by atoms with van der Waals surface area (Å²) in [4.78, 5) is 1.04. The average Bonchev–Trinajstić information content (AvgIpc) is 2.48. The normalized spacial score (nSPS) is 12.4. The van der Waals surface area contributed by atoms with Gasteiger partial charge < -0.3 is 5.32 Å². The van der Waals surface area contributed by atoms with Crippen LogP contribution in [-0.2, 0) is 0 Å². The van der Waals surface area contributed by atoms with Crippen LogP contribution in [0.15, 0.2) is 47.4 Å². The lowest BCUT2D eigenvalue weighted by Crippen LogP contribution is -2.22. The van der Waals surface area contributed by atoms with Crippen LogP contribution in [0.25, 0.3) is 0 Å². The molecule has 0 heterocycles. The first-order chi connectivity index (χ1) is 10.1. The fourth-order valence-electron chi connectivity index (χ4n) is 1.96. The molecule has 2 aromatic carbocycles. The van der Waals surface area contributed by atoms with Crippen molar-refractivity contribution < 1.29 is 4.39 Å². The van der Waals surface area contributed by atoms with Crippen molar-refractivity contribution in [3.63, 3.8) is 0 Å². The Balaban J connectivity index is 2.07. The summed E-state index contributed by atoms with van der Waals surface area (Å²) in [5, 5.41) is 4.55. The van der Waals surface area contributed by atoms with E-state index in [1.165, 1.54) is 12.1 Å². The van der Waals surface area contributed by atoms with Gasteiger partial charge in [0.05, 0.1) is 10.0 Å². The molecule has 2 rings (SSSR count). The zero-order valence-electron chi connectivity index (χ0n) is 11.6. The Morgan fingerprint density at radius 2 is 1.81 bits per heavy atom. The number of hydrogen-bond donors (Lipinski definition) is 1. The summed E-state index contributed by atoms with van der Waals surface area (Å²) in [5.41, 5.74) is 1.10. The summed E-state index contributed by atoms with van der Waals surface area (Å²) in [6.45, 7) is 2.92. The van der Waals surface area contributed by atoms with Crippen molar-refractivity contribution >= 4 is 35.0 Å². The molecule has 112 valence electrons. The lowest BCUT2D eigenvalue weighted by atomic mass is 10.1. The first kappa shape index (κ1) is 16.6. The van der Waals surface area contributed by atoms with Crippen molar-refractivity contribution in [3.8, 4) is 0 Å². The molecular formula is C16H16Cl2FNS. The molecule has 0 aromatic heterocycles. The van der Waals surface area contributed by atoms with Gasteiger partial charge in [0.15, 0.2) is 0 Å². The van der Waals surface area contributed by atoms with Gasteiger partial charge in [-0.25, -0.2) is 4.39 Å². The molecule has 0 aliphatic rings. The second-order valence-electron chi connectivity index (χ2n) is 4.55. The third kappa shape index (κ3) is 4.89. The van der Waals surface area contributed by atoms with E-state index in [-0.39, 0.29) is 11.9 Å². The Bertz CT molecular complexity index is 589. The maximum Gasteiger partial charge on any atom is 0.123 e. The highest BCUT2D eigenvalue weighted by Gasteiger charge is 2.12. The molecule has 0 spiro atoms. The molecular weight excluding hydrogens is 328 g/mol. The fourth-order valence-corrected chi connectivity index (χ4v) is 3.26. The monoisotopic (exact) mass is 343 g/mol. The van der Waals surface area contributed by atoms with Crippen LogP contribution in [0.3, 0.4) is 0 Å². The minimum absolute atomic E-state index is 0.166. The molecule has 0 aliphatic heterocycles. The maximum atomic E-state index is 12.9. The van der Waals surface area contributed by atoms with Crippen LogP contribution < -0.4 is 5.32 Å². The van der Waals surface area contributed by atoms with E-state index in [1.54, 1.807) is 23.9 Å². The Morgan fingerprint density at radius 1 is 1.10 bits per heavy atom. The smallest absolute Gasteiger partial charge is 0.123 e. The van der Waals surface area contributed by atoms with Crippen LogP contribution >= 0.6 is 35.0 Å². The quantitative estimate of drug-likeness (QED) is 0.687. The van der Waals surface area contributed by atoms with Gasteiger partial charge in [-0.05, 0) is 48.5 Å². The molecule has 0 radical (unpaired) electrons. The van der Waals surface area contributed by atoms with E-state index < -0.39 is 0 Å². The lowest BCUT2D eigenvalue weighted by Gasteiger charge is -2.18. The number of halogens is 3. The zero-order valence-corrected chi connectivity index (χ0v) is 13.9. The van der Waals surface area contributed by atoms with Gasteiger partial charge in [-0.1, -0.05) is 36.2 Å². The summed E-state index contributed by atoms with van der Waals surface area (Å²) >= 11 is 13.7. The summed E-state index contributed by atoms with van der Waals surface area (Å²) in [7, 11) is 0. The van der Waals surface area contributed by atoms with Gasteiger partial charge in [0.2, 0.25) is 0 Å². The topological polar surface area (TPSA) is 12.0 Å². The predicted octanol–water partition coefficient (Wildman–Crippen LogP) is 5.58. The molecule has 0 saturated carbocycles. The molecule has 0 fully saturated rings. The second-order valence-corrected chi connectivity index (χ2v) is 6.46. The molecule has 1 atom stereocenters. The SMILES string of the molecule is CCNC(CSc1ccc(F)cc1)c1ccc(Cl)c(Cl)c1. The Kier molecular flexibility index (Phi) is 6.37. The number of thioether (sulfide) groups is 1. The van der Waals surface area contributed by atoms with Crippen LogP contribution in [0, 0.1) is 5.82 Å². The van der Waals surface area contributed by atoms with Crippen LogP contribution in [0.2, 0.25) is 10.0 Å². The van der Waals surface area contributed by atoms with E-state index in [0.717, 1.165) is 22.8 Å². The van der Waals surface area contributed by atoms with E-state index in [1.807, 2.05) is 18.2 Å². The molecule has 5 heteroatoms. The molecule has 0 bridgehead atoms. The Morgan fingerprint density at radius 3 is 2.43 bits per heavy atom. The van der Waals surface area contributed by atoms with Crippen molar-refractivity contribution in [1.82, 2.24) is 5.32 Å². The van der Waals surface area contributed by atoms with Gasteiger partial charge in [0.1, 0.15) is 5.82 Å². The highest BCUT2D eigenvalue weighted by atomic mass is 35.5. The summed E-state index contributed by atoms with van der Waals surface area (Å²) in [6.07, 6.45) is 0. The second kappa shape index (κ2) is 8.04. The van der Waals surface area contributed by atoms with E-state index in [4.69, 9.17) is 23.2 Å². The van der Waals surface area contributed by atoms with E-state index in [0.29, 0.717) is 10.0 Å². The van der Waals surface area contributed by atoms with Gasteiger partial charge in [-0.3, -0.25) is 0 Å². The van der Waals surface area contributed by atoms with Gasteiger partial charge in [-0.15, -0.1) is 11.8 Å². The van der Waals surface area contributed by atoms with E-state index in [2.05, 4.69) is 12.2 Å². The average molecular weight is 344 g/mol. The molecule has 1 unspecified atom stereocenters. The molecule has 1 N–H and O–H groups in total. The van der Waals surface area contributed by atoms with Gasteiger partial charge in [0, 0.05) is 16.7 Å². The Hall–Kier alpha value is -0.740. The first-order valence-electron chi connectivity index (χ1n) is 6.67. The number of hydrogen-bond acceptors (Lipinski definition) is 2. The van der Waals surface area contributed by atoms with Crippen LogP contribution in [-0.4, -0.2) is 12.3 Å². The number of rotatable bonds is 6. The van der Waals surface area contributed by atoms with Crippen molar-refractivity contribution in [3.05, 3.63) is 63.9 Å². The summed E-state index contributed by atoms with van der Waals surface area (Å²) in [5.74, 6) is 0.615. The number of benzene rings is 2. The van der Waals surface area contributed by atoms with Crippen molar-refractivity contribution in [2.75, 3.05) is 12.3 Å². The molecule has 1 nitrogen and oxygen atoms in total. The highest BCUT2D eigenvalue weighted by molar-refractivity contribution is 7.99. The van der Waals surface area contributed by atoms with Crippen molar-refractivity contribution in [1.29, 1.82) is 0 Å². The molecule has 2 aromatic rings. The predicted molar refractivity (Wildman–Crippen MR) is 90.0 cm³/mol. The largest absolute Gasteiger partial charge is 0.309 e. The molecule has 21 heavy (non-hydrogen) atoms. The number of nitrogens with one attached hydrogen (secondary N) is 1. The lowest BCUT2D eigenvalue weighted by molar-refractivity contribution is 0.606. The third-order valence-corrected chi connectivity index (χ3v) is 4.87. The maximum absolute atomic E-state index is 12.9. The fraction of sp³-hybridized carbons (Fsp3) is 0.250. The standard InChI is InChI=1S/C16H16Cl2FNS/c1-2-20-16(11-3-8-14(17)15(18)9-11)10-21-13-6-4-12(19)5-7-13/h3-9,16,20H,2,10H2,1H3. The van der Waals surface area contributed by atoms with Crippen LogP contribution in [0.4, 0.5) is 4.39 Å².